The van der Waals surface area contributed by atoms with Gasteiger partial charge >= 0.3 is 0 Å². The van der Waals surface area contributed by atoms with Crippen LogP contribution in [-0.4, -0.2) is 0 Å². The summed E-state index contributed by atoms with van der Waals surface area (Å²) in [5.41, 5.74) is 12.1. The largest absolute Gasteiger partial charge is 0.249 e. The molecule has 0 amide bonds. The molecular weight excluding hydrogens is 388 g/mol. The second-order valence-corrected chi connectivity index (χ2v) is 8.87. The minimum Gasteiger partial charge on any atom is -0.249 e. The molecule has 0 saturated heterocycles. The van der Waals surface area contributed by atoms with Crippen molar-refractivity contribution in [3.63, 3.8) is 0 Å². The number of hydrogen-bond donors (Lipinski definition) is 0. The van der Waals surface area contributed by atoms with Gasteiger partial charge in [-0.1, -0.05) is 70.8 Å². The normalized spacial score (nSPS) is 10.8. The molecule has 0 spiro atoms. The molecule has 32 heavy (non-hydrogen) atoms. The first kappa shape index (κ1) is 21.7. The number of anilines is 4. The maximum absolute atomic E-state index is 2.36. The van der Waals surface area contributed by atoms with Crippen LogP contribution in [0.15, 0.2) is 84.9 Å². The van der Waals surface area contributed by atoms with Gasteiger partial charge in [-0.15, -0.1) is 0 Å². The number of benzene rings is 4. The van der Waals surface area contributed by atoms with Gasteiger partial charge in [0.05, 0.1) is 22.7 Å². The zero-order valence-corrected chi connectivity index (χ0v) is 20.0. The standard InChI is InChI=1S/C30H32N2/c1-21-7-13-27(14-8-21)31(28-15-9-22(2)10-16-28)32(29-17-11-23(3)19-25(29)5)30-18-12-24(4)20-26(30)6/h7-20H,1-6H3. The monoisotopic (exact) mass is 420 g/mol. The molecule has 0 saturated carbocycles. The SMILES string of the molecule is Cc1ccc(N(c2ccc(C)cc2)N(c2ccc(C)cc2C)c2ccc(C)cc2C)cc1. The summed E-state index contributed by atoms with van der Waals surface area (Å²) in [6.07, 6.45) is 0. The minimum absolute atomic E-state index is 1.12. The first-order valence-corrected chi connectivity index (χ1v) is 11.2. The van der Waals surface area contributed by atoms with Gasteiger partial charge in [-0.25, -0.2) is 10.0 Å². The van der Waals surface area contributed by atoms with E-state index in [1.165, 1.54) is 44.8 Å². The first-order chi connectivity index (χ1) is 15.3. The van der Waals surface area contributed by atoms with Crippen LogP contribution in [0.25, 0.3) is 0 Å². The van der Waals surface area contributed by atoms with Gasteiger partial charge in [0.1, 0.15) is 0 Å². The topological polar surface area (TPSA) is 6.48 Å². The van der Waals surface area contributed by atoms with Crippen LogP contribution in [0.2, 0.25) is 0 Å². The highest BCUT2D eigenvalue weighted by atomic mass is 15.6. The molecule has 162 valence electrons. The fourth-order valence-corrected chi connectivity index (χ4v) is 4.18. The Kier molecular flexibility index (Phi) is 6.05. The molecule has 4 rings (SSSR count). The summed E-state index contributed by atoms with van der Waals surface area (Å²) in [5, 5.41) is 4.69. The Hall–Kier alpha value is -3.52. The molecule has 0 aromatic heterocycles. The number of nitrogens with zero attached hydrogens (tertiary/aromatic N) is 2. The van der Waals surface area contributed by atoms with Crippen LogP contribution >= 0.6 is 0 Å². The summed E-state index contributed by atoms with van der Waals surface area (Å²) in [5.74, 6) is 0. The van der Waals surface area contributed by atoms with E-state index in [1.807, 2.05) is 0 Å². The lowest BCUT2D eigenvalue weighted by Gasteiger charge is -2.40. The average Bonchev–Trinajstić information content (AvgIpc) is 2.75. The summed E-state index contributed by atoms with van der Waals surface area (Å²) in [6.45, 7) is 13.0. The quantitative estimate of drug-likeness (QED) is 0.299. The van der Waals surface area contributed by atoms with Gasteiger partial charge in [0.25, 0.3) is 0 Å². The van der Waals surface area contributed by atoms with Crippen molar-refractivity contribution in [1.29, 1.82) is 0 Å². The number of hydrazine groups is 1. The Balaban J connectivity index is 2.01. The Morgan fingerprint density at radius 2 is 0.719 bits per heavy atom. The van der Waals surface area contributed by atoms with Crippen molar-refractivity contribution < 1.29 is 0 Å². The summed E-state index contributed by atoms with van der Waals surface area (Å²) in [7, 11) is 0. The Morgan fingerprint density at radius 3 is 1.06 bits per heavy atom. The van der Waals surface area contributed by atoms with E-state index in [9.17, 15) is 0 Å². The van der Waals surface area contributed by atoms with E-state index in [0.717, 1.165) is 11.4 Å². The third kappa shape index (κ3) is 4.40. The van der Waals surface area contributed by atoms with Crippen molar-refractivity contribution in [3.05, 3.63) is 118 Å². The number of aryl methyl sites for hydroxylation is 6. The van der Waals surface area contributed by atoms with E-state index in [1.54, 1.807) is 0 Å². The molecule has 0 aliphatic carbocycles. The molecule has 0 unspecified atom stereocenters. The van der Waals surface area contributed by atoms with E-state index in [0.29, 0.717) is 0 Å². The van der Waals surface area contributed by atoms with Crippen molar-refractivity contribution in [2.75, 3.05) is 10.0 Å². The van der Waals surface area contributed by atoms with E-state index in [2.05, 4.69) is 136 Å². The van der Waals surface area contributed by atoms with E-state index < -0.39 is 0 Å². The third-order valence-corrected chi connectivity index (χ3v) is 5.92. The highest BCUT2D eigenvalue weighted by Gasteiger charge is 2.24. The molecular formula is C30H32N2. The van der Waals surface area contributed by atoms with Crippen molar-refractivity contribution in [2.24, 2.45) is 0 Å². The molecule has 4 aromatic rings. The number of hydrogen-bond acceptors (Lipinski definition) is 2. The van der Waals surface area contributed by atoms with Gasteiger partial charge in [0, 0.05) is 0 Å². The lowest BCUT2D eigenvalue weighted by molar-refractivity contribution is 0.973. The van der Waals surface area contributed by atoms with Crippen LogP contribution in [0.3, 0.4) is 0 Å². The van der Waals surface area contributed by atoms with Crippen LogP contribution in [0, 0.1) is 41.5 Å². The van der Waals surface area contributed by atoms with Gasteiger partial charge < -0.3 is 0 Å². The fraction of sp³-hybridized carbons (Fsp3) is 0.200. The zero-order chi connectivity index (χ0) is 22.8. The summed E-state index contributed by atoms with van der Waals surface area (Å²) < 4.78 is 0. The smallest absolute Gasteiger partial charge is 0.0666 e. The van der Waals surface area contributed by atoms with Crippen LogP contribution in [0.5, 0.6) is 0 Å². The molecule has 2 heteroatoms. The molecule has 0 aliphatic heterocycles. The molecule has 2 nitrogen and oxygen atoms in total. The van der Waals surface area contributed by atoms with Crippen molar-refractivity contribution in [1.82, 2.24) is 0 Å². The second-order valence-electron chi connectivity index (χ2n) is 8.87. The fourth-order valence-electron chi connectivity index (χ4n) is 4.18. The molecule has 0 radical (unpaired) electrons. The summed E-state index contributed by atoms with van der Waals surface area (Å²) >= 11 is 0. The minimum atomic E-state index is 1.12. The van der Waals surface area contributed by atoms with Gasteiger partial charge in [0.2, 0.25) is 0 Å². The maximum Gasteiger partial charge on any atom is 0.0666 e. The van der Waals surface area contributed by atoms with Crippen LogP contribution in [0.4, 0.5) is 22.7 Å². The number of rotatable bonds is 5. The van der Waals surface area contributed by atoms with Gasteiger partial charge in [-0.2, -0.15) is 0 Å². The van der Waals surface area contributed by atoms with Crippen molar-refractivity contribution in [3.8, 4) is 0 Å². The zero-order valence-electron chi connectivity index (χ0n) is 20.0. The van der Waals surface area contributed by atoms with Crippen LogP contribution in [-0.2, 0) is 0 Å². The second kappa shape index (κ2) is 8.92. The van der Waals surface area contributed by atoms with Crippen LogP contribution in [0.1, 0.15) is 33.4 Å². The van der Waals surface area contributed by atoms with E-state index >= 15 is 0 Å². The van der Waals surface area contributed by atoms with Crippen LogP contribution < -0.4 is 10.0 Å². The Bertz CT molecular complexity index is 1120. The third-order valence-electron chi connectivity index (χ3n) is 5.92. The molecule has 0 heterocycles. The summed E-state index contributed by atoms with van der Waals surface area (Å²) in [6, 6.07) is 30.9. The Labute approximate surface area is 192 Å². The lowest BCUT2D eigenvalue weighted by atomic mass is 10.1. The highest BCUT2D eigenvalue weighted by molar-refractivity contribution is 5.80. The predicted octanol–water partition coefficient (Wildman–Crippen LogP) is 8.43. The molecule has 0 aliphatic rings. The average molecular weight is 421 g/mol. The molecule has 0 fully saturated rings. The maximum atomic E-state index is 2.36. The molecule has 0 atom stereocenters. The van der Waals surface area contributed by atoms with Crippen molar-refractivity contribution in [2.45, 2.75) is 41.5 Å². The van der Waals surface area contributed by atoms with Gasteiger partial charge in [-0.05, 0) is 89.1 Å². The summed E-state index contributed by atoms with van der Waals surface area (Å²) in [4.78, 5) is 0. The predicted molar refractivity (Wildman–Crippen MR) is 138 cm³/mol. The molecule has 0 N–H and O–H groups in total. The van der Waals surface area contributed by atoms with Gasteiger partial charge in [-0.3, -0.25) is 0 Å². The van der Waals surface area contributed by atoms with Crippen molar-refractivity contribution >= 4 is 22.7 Å². The van der Waals surface area contributed by atoms with Gasteiger partial charge in [0.15, 0.2) is 0 Å². The van der Waals surface area contributed by atoms with E-state index in [-0.39, 0.29) is 0 Å². The highest BCUT2D eigenvalue weighted by Crippen LogP contribution is 2.39. The lowest BCUT2D eigenvalue weighted by Crippen LogP contribution is -2.36. The first-order valence-electron chi connectivity index (χ1n) is 11.2. The Morgan fingerprint density at radius 1 is 0.375 bits per heavy atom. The molecule has 0 bridgehead atoms. The molecule has 4 aromatic carbocycles. The van der Waals surface area contributed by atoms with E-state index in [4.69, 9.17) is 0 Å².